The Morgan fingerprint density at radius 3 is 2.59 bits per heavy atom. The number of nitrogens with one attached hydrogen (secondary N) is 2. The lowest BCUT2D eigenvalue weighted by atomic mass is 10.2. The maximum atomic E-state index is 12.9. The third-order valence-corrected chi connectivity index (χ3v) is 5.78. The fraction of sp³-hybridized carbons (Fsp3) is 0.429. The van der Waals surface area contributed by atoms with Crippen LogP contribution < -0.4 is 15.4 Å². The van der Waals surface area contributed by atoms with Gasteiger partial charge in [-0.05, 0) is 63.5 Å². The molecular weight excluding hydrogens is 450 g/mol. The van der Waals surface area contributed by atoms with Crippen molar-refractivity contribution in [3.8, 4) is 17.0 Å². The molecule has 0 spiro atoms. The van der Waals surface area contributed by atoms with Crippen molar-refractivity contribution in [1.29, 1.82) is 0 Å². The lowest BCUT2D eigenvalue weighted by molar-refractivity contribution is -0.118. The number of methoxy groups -OCH3 is 1. The van der Waals surface area contributed by atoms with Crippen molar-refractivity contribution >= 4 is 46.0 Å². The summed E-state index contributed by atoms with van der Waals surface area (Å²) in [7, 11) is 1.62. The molecule has 0 radical (unpaired) electrons. The van der Waals surface area contributed by atoms with E-state index in [1.807, 2.05) is 35.9 Å². The van der Waals surface area contributed by atoms with Crippen LogP contribution in [0.5, 0.6) is 5.75 Å². The van der Waals surface area contributed by atoms with E-state index in [1.54, 1.807) is 44.2 Å². The van der Waals surface area contributed by atoms with Crippen LogP contribution in [0, 0.1) is 0 Å². The zero-order valence-corrected chi connectivity index (χ0v) is 20.3. The predicted molar refractivity (Wildman–Crippen MR) is 128 cm³/mol. The lowest BCUT2D eigenvalue weighted by Gasteiger charge is -2.22. The van der Waals surface area contributed by atoms with Crippen molar-refractivity contribution in [2.75, 3.05) is 24.4 Å². The second kappa shape index (κ2) is 10.2. The summed E-state index contributed by atoms with van der Waals surface area (Å²) < 4.78 is 12.2. The number of carbonyl (C=O) groups is 2. The molecule has 1 unspecified atom stereocenters. The van der Waals surface area contributed by atoms with Gasteiger partial charge in [-0.3, -0.25) is 10.1 Å². The minimum Gasteiger partial charge on any atom is -0.497 e. The molecule has 2 heterocycles. The molecule has 2 aromatic heterocycles. The molecule has 0 bridgehead atoms. The molecule has 0 aliphatic heterocycles. The van der Waals surface area contributed by atoms with Crippen molar-refractivity contribution in [1.82, 2.24) is 19.9 Å². The molecule has 9 nitrogen and oxygen atoms in total. The summed E-state index contributed by atoms with van der Waals surface area (Å²) in [6.45, 7) is 5.31. The molecule has 3 rings (SSSR count). The Labute approximate surface area is 194 Å². The highest BCUT2D eigenvalue weighted by Gasteiger charge is 2.25. The first kappa shape index (κ1) is 23.9. The minimum absolute atomic E-state index is 0.178. The number of alkyl carbamates (subject to hydrolysis) is 1. The highest BCUT2D eigenvalue weighted by molar-refractivity contribution is 7.98. The molecule has 1 aromatic carbocycles. The zero-order chi connectivity index (χ0) is 23.3. The highest BCUT2D eigenvalue weighted by Crippen LogP contribution is 2.27. The first-order valence-corrected chi connectivity index (χ1v) is 12.3. The average molecular weight is 478 g/mol. The number of carbonyl (C=O) groups excluding carboxylic acids is 2. The van der Waals surface area contributed by atoms with E-state index in [9.17, 15) is 9.59 Å². The number of anilines is 1. The van der Waals surface area contributed by atoms with Crippen LogP contribution >= 0.6 is 23.1 Å². The number of thioether (sulfide) groups is 1. The molecule has 2 N–H and O–H groups in total. The number of amides is 2. The van der Waals surface area contributed by atoms with Crippen LogP contribution in [-0.4, -0.2) is 57.4 Å². The van der Waals surface area contributed by atoms with Crippen LogP contribution in [0.15, 0.2) is 29.6 Å². The van der Waals surface area contributed by atoms with Crippen molar-refractivity contribution in [2.24, 2.45) is 0 Å². The van der Waals surface area contributed by atoms with Gasteiger partial charge in [0, 0.05) is 10.9 Å². The zero-order valence-electron chi connectivity index (χ0n) is 18.7. The van der Waals surface area contributed by atoms with E-state index in [2.05, 4.69) is 20.7 Å². The number of hydrogen-bond acceptors (Lipinski definition) is 8. The summed E-state index contributed by atoms with van der Waals surface area (Å²) in [5, 5.41) is 11.8. The van der Waals surface area contributed by atoms with E-state index in [-0.39, 0.29) is 5.95 Å². The van der Waals surface area contributed by atoms with Crippen molar-refractivity contribution in [2.45, 2.75) is 38.8 Å². The van der Waals surface area contributed by atoms with Gasteiger partial charge in [0.2, 0.25) is 10.9 Å². The number of nitrogens with zero attached hydrogens (tertiary/aromatic N) is 3. The van der Waals surface area contributed by atoms with Crippen LogP contribution in [-0.2, 0) is 9.53 Å². The molecule has 2 amide bonds. The number of benzene rings is 1. The van der Waals surface area contributed by atoms with Crippen molar-refractivity contribution < 1.29 is 19.1 Å². The summed E-state index contributed by atoms with van der Waals surface area (Å²) in [5.74, 6) is 1.24. The maximum absolute atomic E-state index is 12.9. The number of rotatable bonds is 8. The Hall–Kier alpha value is -2.79. The number of fused-ring (bicyclic) bond motifs is 1. The number of ether oxygens (including phenoxy) is 2. The lowest BCUT2D eigenvalue weighted by Crippen LogP contribution is -2.46. The van der Waals surface area contributed by atoms with Crippen LogP contribution in [0.1, 0.15) is 27.2 Å². The molecular formula is C21H27N5O4S2. The molecule has 0 aliphatic rings. The summed E-state index contributed by atoms with van der Waals surface area (Å²) >= 11 is 3.01. The molecule has 3 aromatic rings. The minimum atomic E-state index is -0.764. The van der Waals surface area contributed by atoms with Crippen molar-refractivity contribution in [3.05, 3.63) is 29.6 Å². The van der Waals surface area contributed by atoms with Gasteiger partial charge in [0.05, 0.1) is 12.8 Å². The van der Waals surface area contributed by atoms with Gasteiger partial charge in [0.15, 0.2) is 0 Å². The molecule has 32 heavy (non-hydrogen) atoms. The van der Waals surface area contributed by atoms with E-state index < -0.39 is 23.6 Å². The van der Waals surface area contributed by atoms with Gasteiger partial charge in [-0.15, -0.1) is 16.4 Å². The Morgan fingerprint density at radius 2 is 1.97 bits per heavy atom. The summed E-state index contributed by atoms with van der Waals surface area (Å²) in [5.41, 5.74) is 1.15. The van der Waals surface area contributed by atoms with Gasteiger partial charge >= 0.3 is 6.09 Å². The SMILES string of the molecule is COc1ccc(-c2csc3nc(NC(=O)C(CCSC)NC(=O)OC(C)(C)C)nn23)cc1. The first-order chi connectivity index (χ1) is 15.2. The Balaban J connectivity index is 1.75. The van der Waals surface area contributed by atoms with Gasteiger partial charge in [0.25, 0.3) is 5.95 Å². The highest BCUT2D eigenvalue weighted by atomic mass is 32.2. The Kier molecular flexibility index (Phi) is 7.62. The number of hydrogen-bond donors (Lipinski definition) is 2. The summed E-state index contributed by atoms with van der Waals surface area (Å²) in [6.07, 6.45) is 1.75. The smallest absolute Gasteiger partial charge is 0.408 e. The number of thiazole rings is 1. The Morgan fingerprint density at radius 1 is 1.25 bits per heavy atom. The van der Waals surface area contributed by atoms with E-state index >= 15 is 0 Å². The third-order valence-electron chi connectivity index (χ3n) is 4.32. The average Bonchev–Trinajstić information content (AvgIpc) is 3.30. The van der Waals surface area contributed by atoms with E-state index in [0.29, 0.717) is 17.1 Å². The van der Waals surface area contributed by atoms with E-state index in [4.69, 9.17) is 9.47 Å². The topological polar surface area (TPSA) is 107 Å². The predicted octanol–water partition coefficient (Wildman–Crippen LogP) is 4.05. The number of aromatic nitrogens is 3. The van der Waals surface area contributed by atoms with Crippen LogP contribution in [0.2, 0.25) is 0 Å². The molecule has 1 atom stereocenters. The van der Waals surface area contributed by atoms with Gasteiger partial charge in [-0.1, -0.05) is 0 Å². The quantitative estimate of drug-likeness (QED) is 0.504. The van der Waals surface area contributed by atoms with Gasteiger partial charge in [-0.2, -0.15) is 16.7 Å². The fourth-order valence-electron chi connectivity index (χ4n) is 2.85. The third kappa shape index (κ3) is 6.13. The fourth-order valence-corrected chi connectivity index (χ4v) is 4.15. The normalized spacial score (nSPS) is 12.4. The van der Waals surface area contributed by atoms with Gasteiger partial charge < -0.3 is 14.8 Å². The second-order valence-electron chi connectivity index (χ2n) is 7.95. The Bertz CT molecular complexity index is 1070. The van der Waals surface area contributed by atoms with Crippen LogP contribution in [0.4, 0.5) is 10.7 Å². The molecule has 0 fully saturated rings. The van der Waals surface area contributed by atoms with Gasteiger partial charge in [-0.25, -0.2) is 9.31 Å². The molecule has 172 valence electrons. The van der Waals surface area contributed by atoms with Crippen LogP contribution in [0.25, 0.3) is 16.2 Å². The van der Waals surface area contributed by atoms with Gasteiger partial charge in [0.1, 0.15) is 17.4 Å². The maximum Gasteiger partial charge on any atom is 0.408 e. The molecule has 11 heteroatoms. The van der Waals surface area contributed by atoms with E-state index in [0.717, 1.165) is 17.0 Å². The molecule has 0 saturated carbocycles. The largest absolute Gasteiger partial charge is 0.497 e. The summed E-state index contributed by atoms with van der Waals surface area (Å²) in [4.78, 5) is 30.1. The van der Waals surface area contributed by atoms with E-state index in [1.165, 1.54) is 11.3 Å². The molecule has 0 aliphatic carbocycles. The first-order valence-electron chi connectivity index (χ1n) is 9.98. The monoisotopic (exact) mass is 477 g/mol. The summed E-state index contributed by atoms with van der Waals surface area (Å²) in [6, 6.07) is 6.85. The van der Waals surface area contributed by atoms with Crippen molar-refractivity contribution in [3.63, 3.8) is 0 Å². The standard InChI is InChI=1S/C21H27N5O4S2/c1-21(2,3)30-20(28)22-15(10-11-31-5)17(27)23-18-24-19-26(25-18)16(12-32-19)13-6-8-14(29-4)9-7-13/h6-9,12,15H,10-11H2,1-5H3,(H,22,28)(H,23,25,27). The van der Waals surface area contributed by atoms with Crippen LogP contribution in [0.3, 0.4) is 0 Å². The molecule has 0 saturated heterocycles. The second-order valence-corrected chi connectivity index (χ2v) is 9.77.